The number of pyridine rings is 1. The van der Waals surface area contributed by atoms with Crippen LogP contribution in [0.1, 0.15) is 31.4 Å². The largest absolute Gasteiger partial charge is 0.388 e. The fourth-order valence-corrected chi connectivity index (χ4v) is 1.19. The van der Waals surface area contributed by atoms with Crippen LogP contribution in [0.15, 0.2) is 30.6 Å². The minimum absolute atomic E-state index is 0.307. The Labute approximate surface area is 83.1 Å². The second-order valence-electron chi connectivity index (χ2n) is 3.41. The van der Waals surface area contributed by atoms with Gasteiger partial charge in [-0.1, -0.05) is 5.57 Å². The molecule has 1 aromatic heterocycles. The maximum Gasteiger partial charge on any atom is 0.147 e. The SMILES string of the molecule is C=C(C)CCC(O)c1ccncc1F. The molecule has 0 fully saturated rings. The van der Waals surface area contributed by atoms with Gasteiger partial charge in [0.2, 0.25) is 0 Å². The maximum atomic E-state index is 13.1. The molecule has 0 amide bonds. The Hall–Kier alpha value is -1.22. The molecule has 76 valence electrons. The molecule has 1 aromatic rings. The summed E-state index contributed by atoms with van der Waals surface area (Å²) in [5.74, 6) is -0.457. The molecule has 0 aliphatic carbocycles. The predicted molar refractivity (Wildman–Crippen MR) is 53.2 cm³/mol. The van der Waals surface area contributed by atoms with Gasteiger partial charge in [0.25, 0.3) is 0 Å². The number of aromatic nitrogens is 1. The number of hydrogen-bond acceptors (Lipinski definition) is 2. The summed E-state index contributed by atoms with van der Waals surface area (Å²) in [5, 5.41) is 9.64. The summed E-state index contributed by atoms with van der Waals surface area (Å²) in [6.07, 6.45) is 3.01. The lowest BCUT2D eigenvalue weighted by molar-refractivity contribution is 0.163. The molecule has 3 heteroatoms. The number of halogens is 1. The van der Waals surface area contributed by atoms with Gasteiger partial charge in [-0.3, -0.25) is 4.98 Å². The minimum Gasteiger partial charge on any atom is -0.388 e. The topological polar surface area (TPSA) is 33.1 Å². The molecular formula is C11H14FNO. The first-order chi connectivity index (χ1) is 6.61. The van der Waals surface area contributed by atoms with Crippen molar-refractivity contribution in [3.63, 3.8) is 0 Å². The smallest absolute Gasteiger partial charge is 0.147 e. The summed E-state index contributed by atoms with van der Waals surface area (Å²) in [6.45, 7) is 5.61. The molecule has 0 saturated heterocycles. The van der Waals surface area contributed by atoms with E-state index in [2.05, 4.69) is 11.6 Å². The molecule has 0 radical (unpaired) electrons. The van der Waals surface area contributed by atoms with Crippen molar-refractivity contribution in [3.8, 4) is 0 Å². The highest BCUT2D eigenvalue weighted by Crippen LogP contribution is 2.21. The number of aliphatic hydroxyl groups is 1. The first kappa shape index (κ1) is 10.9. The second kappa shape index (κ2) is 4.86. The summed E-state index contributed by atoms with van der Waals surface area (Å²) in [5.41, 5.74) is 1.29. The van der Waals surface area contributed by atoms with Crippen LogP contribution in [-0.4, -0.2) is 10.1 Å². The highest BCUT2D eigenvalue weighted by molar-refractivity contribution is 5.15. The van der Waals surface area contributed by atoms with E-state index in [0.29, 0.717) is 18.4 Å². The van der Waals surface area contributed by atoms with E-state index in [0.717, 1.165) is 11.8 Å². The lowest BCUT2D eigenvalue weighted by Crippen LogP contribution is -2.01. The van der Waals surface area contributed by atoms with Crippen LogP contribution in [0.3, 0.4) is 0 Å². The molecule has 0 bridgehead atoms. The molecule has 0 aromatic carbocycles. The van der Waals surface area contributed by atoms with Crippen molar-refractivity contribution >= 4 is 0 Å². The zero-order valence-electron chi connectivity index (χ0n) is 8.20. The quantitative estimate of drug-likeness (QED) is 0.749. The molecule has 1 N–H and O–H groups in total. The van der Waals surface area contributed by atoms with Crippen LogP contribution >= 0.6 is 0 Å². The molecule has 2 nitrogen and oxygen atoms in total. The number of hydrogen-bond donors (Lipinski definition) is 1. The van der Waals surface area contributed by atoms with Crippen molar-refractivity contribution in [2.24, 2.45) is 0 Å². The van der Waals surface area contributed by atoms with Crippen molar-refractivity contribution in [1.29, 1.82) is 0 Å². The average Bonchev–Trinajstić information content (AvgIpc) is 2.15. The van der Waals surface area contributed by atoms with E-state index in [1.807, 2.05) is 6.92 Å². The maximum absolute atomic E-state index is 13.1. The van der Waals surface area contributed by atoms with Crippen molar-refractivity contribution in [2.75, 3.05) is 0 Å². The normalized spacial score (nSPS) is 12.5. The number of rotatable bonds is 4. The molecule has 1 unspecified atom stereocenters. The summed E-state index contributed by atoms with van der Waals surface area (Å²) in [6, 6.07) is 1.50. The lowest BCUT2D eigenvalue weighted by atomic mass is 10.0. The summed E-state index contributed by atoms with van der Waals surface area (Å²) < 4.78 is 13.1. The molecule has 1 atom stereocenters. The van der Waals surface area contributed by atoms with Crippen molar-refractivity contribution < 1.29 is 9.50 Å². The van der Waals surface area contributed by atoms with Crippen molar-refractivity contribution in [1.82, 2.24) is 4.98 Å². The third-order valence-corrected chi connectivity index (χ3v) is 2.01. The molecule has 0 saturated carbocycles. The highest BCUT2D eigenvalue weighted by atomic mass is 19.1. The zero-order valence-corrected chi connectivity index (χ0v) is 8.20. The third kappa shape index (κ3) is 2.92. The molecular weight excluding hydrogens is 181 g/mol. The first-order valence-electron chi connectivity index (χ1n) is 4.53. The van der Waals surface area contributed by atoms with Crippen LogP contribution in [-0.2, 0) is 0 Å². The van der Waals surface area contributed by atoms with Gasteiger partial charge in [-0.2, -0.15) is 0 Å². The van der Waals surface area contributed by atoms with Crippen molar-refractivity contribution in [2.45, 2.75) is 25.9 Å². The Morgan fingerprint density at radius 1 is 1.71 bits per heavy atom. The van der Waals surface area contributed by atoms with Gasteiger partial charge in [-0.05, 0) is 25.8 Å². The Morgan fingerprint density at radius 2 is 2.43 bits per heavy atom. The number of aliphatic hydroxyl groups excluding tert-OH is 1. The molecule has 0 spiro atoms. The summed E-state index contributed by atoms with van der Waals surface area (Å²) >= 11 is 0. The Morgan fingerprint density at radius 3 is 3.00 bits per heavy atom. The minimum atomic E-state index is -0.769. The Balaban J connectivity index is 2.65. The summed E-state index contributed by atoms with van der Waals surface area (Å²) in [4.78, 5) is 3.62. The van der Waals surface area contributed by atoms with Crippen LogP contribution in [0.4, 0.5) is 4.39 Å². The van der Waals surface area contributed by atoms with Crippen molar-refractivity contribution in [3.05, 3.63) is 42.0 Å². The molecule has 14 heavy (non-hydrogen) atoms. The fraction of sp³-hybridized carbons (Fsp3) is 0.364. The molecule has 1 heterocycles. The van der Waals surface area contributed by atoms with Gasteiger partial charge in [0, 0.05) is 11.8 Å². The zero-order chi connectivity index (χ0) is 10.6. The Kier molecular flexibility index (Phi) is 3.77. The monoisotopic (exact) mass is 195 g/mol. The van der Waals surface area contributed by atoms with Gasteiger partial charge >= 0.3 is 0 Å². The van der Waals surface area contributed by atoms with Gasteiger partial charge in [0.1, 0.15) is 5.82 Å². The second-order valence-corrected chi connectivity index (χ2v) is 3.41. The van der Waals surface area contributed by atoms with Crippen LogP contribution in [0.2, 0.25) is 0 Å². The third-order valence-electron chi connectivity index (χ3n) is 2.01. The number of nitrogens with zero attached hydrogens (tertiary/aromatic N) is 1. The van der Waals surface area contributed by atoms with E-state index >= 15 is 0 Å². The van der Waals surface area contributed by atoms with Crippen LogP contribution in [0, 0.1) is 5.82 Å². The van der Waals surface area contributed by atoms with Gasteiger partial charge in [-0.25, -0.2) is 4.39 Å². The molecule has 0 aliphatic heterocycles. The van der Waals surface area contributed by atoms with Gasteiger partial charge in [0.15, 0.2) is 0 Å². The van der Waals surface area contributed by atoms with E-state index in [-0.39, 0.29) is 0 Å². The van der Waals surface area contributed by atoms with Crippen LogP contribution in [0.5, 0.6) is 0 Å². The van der Waals surface area contributed by atoms with E-state index in [1.54, 1.807) is 0 Å². The van der Waals surface area contributed by atoms with Crippen LogP contribution in [0.25, 0.3) is 0 Å². The van der Waals surface area contributed by atoms with E-state index in [9.17, 15) is 9.50 Å². The standard InChI is InChI=1S/C11H14FNO/c1-8(2)3-4-11(14)9-5-6-13-7-10(9)12/h5-7,11,14H,1,3-4H2,2H3. The molecule has 1 rings (SSSR count). The number of allylic oxidation sites excluding steroid dienone is 1. The fourth-order valence-electron chi connectivity index (χ4n) is 1.19. The Bertz CT molecular complexity index is 325. The molecule has 0 aliphatic rings. The lowest BCUT2D eigenvalue weighted by Gasteiger charge is -2.10. The van der Waals surface area contributed by atoms with Gasteiger partial charge < -0.3 is 5.11 Å². The van der Waals surface area contributed by atoms with E-state index < -0.39 is 11.9 Å². The van der Waals surface area contributed by atoms with Gasteiger partial charge in [0.05, 0.1) is 12.3 Å². The first-order valence-corrected chi connectivity index (χ1v) is 4.53. The highest BCUT2D eigenvalue weighted by Gasteiger charge is 2.11. The summed E-state index contributed by atoms with van der Waals surface area (Å²) in [7, 11) is 0. The van der Waals surface area contributed by atoms with Gasteiger partial charge in [-0.15, -0.1) is 6.58 Å². The van der Waals surface area contributed by atoms with E-state index in [4.69, 9.17) is 0 Å². The predicted octanol–water partition coefficient (Wildman–Crippen LogP) is 2.61. The average molecular weight is 195 g/mol. The van der Waals surface area contributed by atoms with E-state index in [1.165, 1.54) is 12.3 Å². The van der Waals surface area contributed by atoms with Crippen LogP contribution < -0.4 is 0 Å².